The fourth-order valence-electron chi connectivity index (χ4n) is 1.46. The van der Waals surface area contributed by atoms with Crippen LogP contribution in [0.3, 0.4) is 0 Å². The summed E-state index contributed by atoms with van der Waals surface area (Å²) in [6.07, 6.45) is -2.21. The minimum absolute atomic E-state index is 0.243. The molecular weight excluding hydrogens is 234 g/mol. The van der Waals surface area contributed by atoms with E-state index in [1.807, 2.05) is 0 Å². The molecule has 6 nitrogen and oxygen atoms in total. The molecule has 0 aliphatic carbocycles. The lowest BCUT2D eigenvalue weighted by molar-refractivity contribution is -0.157. The Hall–Kier alpha value is -0.340. The molecule has 4 atom stereocenters. The molecule has 0 aromatic rings. The summed E-state index contributed by atoms with van der Waals surface area (Å²) in [5.74, 6) is 0.114. The van der Waals surface area contributed by atoms with E-state index < -0.39 is 18.3 Å². The maximum Gasteiger partial charge on any atom is 0.218 e. The number of aliphatic hydroxyl groups is 3. The number of rotatable bonds is 5. The molecule has 0 bridgehead atoms. The monoisotopic (exact) mass is 251 g/mol. The van der Waals surface area contributed by atoms with Crippen molar-refractivity contribution in [2.75, 3.05) is 12.4 Å². The molecule has 0 aromatic heterocycles. The number of nitrogens with two attached hydrogens (primary N) is 1. The van der Waals surface area contributed by atoms with Gasteiger partial charge in [0, 0.05) is 18.6 Å². The van der Waals surface area contributed by atoms with Gasteiger partial charge in [0.1, 0.15) is 17.6 Å². The van der Waals surface area contributed by atoms with Crippen LogP contribution in [0.15, 0.2) is 0 Å². The Morgan fingerprint density at radius 1 is 1.50 bits per heavy atom. The first-order valence-corrected chi connectivity index (χ1v) is 6.11. The van der Waals surface area contributed by atoms with Gasteiger partial charge in [-0.25, -0.2) is 0 Å². The first-order valence-electron chi connectivity index (χ1n) is 5.07. The van der Waals surface area contributed by atoms with E-state index in [2.05, 4.69) is 0 Å². The van der Waals surface area contributed by atoms with Crippen LogP contribution in [0, 0.1) is 0 Å². The molecule has 0 radical (unpaired) electrons. The van der Waals surface area contributed by atoms with Crippen molar-refractivity contribution in [3.8, 4) is 0 Å². The molecule has 1 heterocycles. The Kier molecular flexibility index (Phi) is 5.50. The van der Waals surface area contributed by atoms with Crippen LogP contribution >= 0.6 is 11.8 Å². The highest BCUT2D eigenvalue weighted by molar-refractivity contribution is 7.99. The van der Waals surface area contributed by atoms with Gasteiger partial charge < -0.3 is 25.8 Å². The van der Waals surface area contributed by atoms with Crippen molar-refractivity contribution in [3.05, 3.63) is 0 Å². The minimum atomic E-state index is -1.06. The van der Waals surface area contributed by atoms with Crippen molar-refractivity contribution < 1.29 is 24.9 Å². The van der Waals surface area contributed by atoms with Gasteiger partial charge in [-0.1, -0.05) is 0 Å². The van der Waals surface area contributed by atoms with E-state index in [1.54, 1.807) is 0 Å². The van der Waals surface area contributed by atoms with Gasteiger partial charge in [-0.3, -0.25) is 4.79 Å². The molecule has 7 heteroatoms. The number of hydrogen-bond acceptors (Lipinski definition) is 6. The van der Waals surface area contributed by atoms with Gasteiger partial charge in [-0.05, 0) is 0 Å². The van der Waals surface area contributed by atoms with Gasteiger partial charge >= 0.3 is 0 Å². The van der Waals surface area contributed by atoms with Crippen LogP contribution in [-0.2, 0) is 9.53 Å². The van der Waals surface area contributed by atoms with E-state index in [4.69, 9.17) is 15.6 Å². The predicted molar refractivity (Wildman–Crippen MR) is 58.6 cm³/mol. The van der Waals surface area contributed by atoms with Crippen molar-refractivity contribution in [2.45, 2.75) is 36.6 Å². The summed E-state index contributed by atoms with van der Waals surface area (Å²) in [5, 5.41) is 27.9. The average Bonchev–Trinajstić information content (AvgIpc) is 2.22. The lowest BCUT2D eigenvalue weighted by atomic mass is 10.0. The van der Waals surface area contributed by atoms with Crippen LogP contribution in [-0.4, -0.2) is 57.3 Å². The summed E-state index contributed by atoms with van der Waals surface area (Å²) in [6.45, 7) is -0.342. The van der Waals surface area contributed by atoms with Crippen LogP contribution < -0.4 is 5.73 Å². The largest absolute Gasteiger partial charge is 0.394 e. The van der Waals surface area contributed by atoms with Crippen molar-refractivity contribution >= 4 is 17.7 Å². The van der Waals surface area contributed by atoms with E-state index >= 15 is 0 Å². The third-order valence-corrected chi connectivity index (χ3v) is 3.48. The zero-order chi connectivity index (χ0) is 12.1. The second-order valence-electron chi connectivity index (χ2n) is 3.67. The zero-order valence-electron chi connectivity index (χ0n) is 8.78. The third kappa shape index (κ3) is 3.91. The van der Waals surface area contributed by atoms with Crippen LogP contribution in [0.4, 0.5) is 0 Å². The van der Waals surface area contributed by atoms with Crippen molar-refractivity contribution in [1.82, 2.24) is 0 Å². The molecule has 0 spiro atoms. The Bertz CT molecular complexity index is 240. The van der Waals surface area contributed by atoms with Gasteiger partial charge in [0.2, 0.25) is 5.91 Å². The van der Waals surface area contributed by atoms with Gasteiger partial charge in [0.25, 0.3) is 0 Å². The van der Waals surface area contributed by atoms with Crippen LogP contribution in [0.25, 0.3) is 0 Å². The molecule has 1 saturated heterocycles. The fraction of sp³-hybridized carbons (Fsp3) is 0.889. The number of ether oxygens (including phenoxy) is 1. The number of primary amides is 1. The second-order valence-corrected chi connectivity index (χ2v) is 4.93. The van der Waals surface area contributed by atoms with Crippen molar-refractivity contribution in [2.24, 2.45) is 5.73 Å². The number of hydrogen-bond donors (Lipinski definition) is 4. The predicted octanol–water partition coefficient (Wildman–Crippen LogP) is -1.58. The molecule has 1 amide bonds. The number of carbonyl (C=O) groups is 1. The SMILES string of the molecule is NC(=O)CCS[C@H]1C[C@@H](O)[C@@H](O)[C@@H](CO)O1. The van der Waals surface area contributed by atoms with Crippen LogP contribution in [0.5, 0.6) is 0 Å². The molecule has 0 saturated carbocycles. The molecule has 0 aromatic carbocycles. The molecule has 1 rings (SSSR count). The number of amides is 1. The topological polar surface area (TPSA) is 113 Å². The third-order valence-electron chi connectivity index (χ3n) is 2.37. The molecule has 1 fully saturated rings. The molecule has 1 aliphatic rings. The molecule has 94 valence electrons. The fourth-order valence-corrected chi connectivity index (χ4v) is 2.60. The van der Waals surface area contributed by atoms with Gasteiger partial charge in [-0.15, -0.1) is 11.8 Å². The molecule has 5 N–H and O–H groups in total. The van der Waals surface area contributed by atoms with E-state index in [9.17, 15) is 15.0 Å². The lowest BCUT2D eigenvalue weighted by Gasteiger charge is -2.35. The van der Waals surface area contributed by atoms with Crippen molar-refractivity contribution in [3.63, 3.8) is 0 Å². The number of aliphatic hydroxyl groups excluding tert-OH is 3. The minimum Gasteiger partial charge on any atom is -0.394 e. The maximum atomic E-state index is 10.5. The molecule has 16 heavy (non-hydrogen) atoms. The Balaban J connectivity index is 2.35. The summed E-state index contributed by atoms with van der Waals surface area (Å²) in [4.78, 5) is 10.5. The zero-order valence-corrected chi connectivity index (χ0v) is 9.60. The van der Waals surface area contributed by atoms with E-state index in [0.717, 1.165) is 0 Å². The van der Waals surface area contributed by atoms with E-state index in [0.29, 0.717) is 5.75 Å². The summed E-state index contributed by atoms with van der Waals surface area (Å²) in [5.41, 5.74) is 4.66. The number of thioether (sulfide) groups is 1. The average molecular weight is 251 g/mol. The lowest BCUT2D eigenvalue weighted by Crippen LogP contribution is -2.49. The van der Waals surface area contributed by atoms with Crippen LogP contribution in [0.1, 0.15) is 12.8 Å². The van der Waals surface area contributed by atoms with E-state index in [-0.39, 0.29) is 30.8 Å². The first kappa shape index (κ1) is 13.7. The highest BCUT2D eigenvalue weighted by Gasteiger charge is 2.36. The smallest absolute Gasteiger partial charge is 0.218 e. The van der Waals surface area contributed by atoms with Gasteiger partial charge in [0.15, 0.2) is 0 Å². The summed E-state index contributed by atoms with van der Waals surface area (Å²) in [7, 11) is 0. The standard InChI is InChI=1S/C9H17NO5S/c10-7(13)1-2-16-8-3-5(12)9(14)6(4-11)15-8/h5-6,8-9,11-12,14H,1-4H2,(H2,10,13)/t5-,6-,8+,9-/m1/s1. The normalized spacial score (nSPS) is 34.9. The van der Waals surface area contributed by atoms with Gasteiger partial charge in [-0.2, -0.15) is 0 Å². The maximum absolute atomic E-state index is 10.5. The Morgan fingerprint density at radius 2 is 2.19 bits per heavy atom. The number of carbonyl (C=O) groups excluding carboxylic acids is 1. The van der Waals surface area contributed by atoms with Crippen molar-refractivity contribution in [1.29, 1.82) is 0 Å². The Morgan fingerprint density at radius 3 is 2.75 bits per heavy atom. The van der Waals surface area contributed by atoms with Gasteiger partial charge in [0.05, 0.1) is 12.7 Å². The van der Waals surface area contributed by atoms with E-state index in [1.165, 1.54) is 11.8 Å². The van der Waals surface area contributed by atoms with Crippen LogP contribution in [0.2, 0.25) is 0 Å². The summed E-state index contributed by atoms with van der Waals surface area (Å²) < 4.78 is 5.35. The first-order chi connectivity index (χ1) is 7.54. The molecule has 1 aliphatic heterocycles. The summed E-state index contributed by atoms with van der Waals surface area (Å²) >= 11 is 1.35. The highest BCUT2D eigenvalue weighted by atomic mass is 32.2. The molecule has 0 unspecified atom stereocenters. The summed E-state index contributed by atoms with van der Waals surface area (Å²) in [6, 6.07) is 0. The second kappa shape index (κ2) is 6.41. The quantitative estimate of drug-likeness (QED) is 0.469. The Labute approximate surface area is 97.8 Å². The highest BCUT2D eigenvalue weighted by Crippen LogP contribution is 2.27. The molecular formula is C9H17NO5S.